The summed E-state index contributed by atoms with van der Waals surface area (Å²) in [5, 5.41) is 13.3. The average molecular weight is 286 g/mol. The van der Waals surface area contributed by atoms with Gasteiger partial charge in [-0.25, -0.2) is 0 Å². The molecular weight excluding hydrogens is 270 g/mol. The van der Waals surface area contributed by atoms with Crippen molar-refractivity contribution in [1.29, 1.82) is 0 Å². The van der Waals surface area contributed by atoms with Gasteiger partial charge in [0, 0.05) is 11.8 Å². The van der Waals surface area contributed by atoms with Gasteiger partial charge in [-0.15, -0.1) is 0 Å². The van der Waals surface area contributed by atoms with Crippen LogP contribution in [0.15, 0.2) is 18.2 Å². The standard InChI is InChI=1S/C12H16ClN3O3/c1-2-3-4-10(14)12(17)15-8-5-6-9(13)11(7-8)16(18)19/h5-7,10H,2-4,14H2,1H3,(H,15,17)/t10-/m0/s1. The van der Waals surface area contributed by atoms with Crippen LogP contribution in [0.1, 0.15) is 26.2 Å². The molecule has 0 aliphatic carbocycles. The van der Waals surface area contributed by atoms with Gasteiger partial charge in [0.1, 0.15) is 5.02 Å². The molecule has 1 aromatic carbocycles. The van der Waals surface area contributed by atoms with E-state index >= 15 is 0 Å². The molecule has 0 bridgehead atoms. The van der Waals surface area contributed by atoms with Crippen molar-refractivity contribution in [2.24, 2.45) is 5.73 Å². The Morgan fingerprint density at radius 1 is 1.58 bits per heavy atom. The Morgan fingerprint density at radius 2 is 2.26 bits per heavy atom. The third kappa shape index (κ3) is 4.50. The van der Waals surface area contributed by atoms with E-state index in [-0.39, 0.29) is 16.6 Å². The Balaban J connectivity index is 2.74. The number of halogens is 1. The second kappa shape index (κ2) is 7.06. The molecule has 104 valence electrons. The summed E-state index contributed by atoms with van der Waals surface area (Å²) in [6.45, 7) is 2.01. The minimum atomic E-state index is -0.616. The maximum atomic E-state index is 11.7. The van der Waals surface area contributed by atoms with E-state index in [1.807, 2.05) is 6.92 Å². The van der Waals surface area contributed by atoms with Gasteiger partial charge in [0.15, 0.2) is 0 Å². The lowest BCUT2D eigenvalue weighted by Crippen LogP contribution is -2.35. The van der Waals surface area contributed by atoms with Gasteiger partial charge >= 0.3 is 0 Å². The van der Waals surface area contributed by atoms with E-state index in [0.717, 1.165) is 12.8 Å². The molecule has 0 saturated heterocycles. The summed E-state index contributed by atoms with van der Waals surface area (Å²) < 4.78 is 0. The Labute approximate surface area is 116 Å². The first-order chi connectivity index (χ1) is 8.95. The van der Waals surface area contributed by atoms with Crippen molar-refractivity contribution < 1.29 is 9.72 Å². The fourth-order valence-electron chi connectivity index (χ4n) is 1.52. The Bertz CT molecular complexity index is 479. The third-order valence-electron chi connectivity index (χ3n) is 2.62. The summed E-state index contributed by atoms with van der Waals surface area (Å²) in [7, 11) is 0. The summed E-state index contributed by atoms with van der Waals surface area (Å²) in [4.78, 5) is 21.9. The van der Waals surface area contributed by atoms with Crippen LogP contribution in [-0.2, 0) is 4.79 Å². The van der Waals surface area contributed by atoms with Crippen molar-refractivity contribution in [2.45, 2.75) is 32.2 Å². The minimum Gasteiger partial charge on any atom is -0.324 e. The molecule has 7 heteroatoms. The molecule has 1 aromatic rings. The summed E-state index contributed by atoms with van der Waals surface area (Å²) in [5.74, 6) is -0.356. The molecule has 0 radical (unpaired) electrons. The number of nitrogens with zero attached hydrogens (tertiary/aromatic N) is 1. The molecule has 0 fully saturated rings. The van der Waals surface area contributed by atoms with E-state index in [9.17, 15) is 14.9 Å². The second-order valence-corrected chi connectivity index (χ2v) is 4.57. The van der Waals surface area contributed by atoms with E-state index < -0.39 is 11.0 Å². The van der Waals surface area contributed by atoms with Crippen LogP contribution < -0.4 is 11.1 Å². The number of amides is 1. The van der Waals surface area contributed by atoms with Gasteiger partial charge in [0.2, 0.25) is 5.91 Å². The van der Waals surface area contributed by atoms with Crippen molar-refractivity contribution in [3.8, 4) is 0 Å². The lowest BCUT2D eigenvalue weighted by Gasteiger charge is -2.11. The van der Waals surface area contributed by atoms with Crippen molar-refractivity contribution in [1.82, 2.24) is 0 Å². The Kier molecular flexibility index (Phi) is 5.72. The maximum absolute atomic E-state index is 11.7. The van der Waals surface area contributed by atoms with Gasteiger partial charge in [0.05, 0.1) is 11.0 Å². The fourth-order valence-corrected chi connectivity index (χ4v) is 1.71. The number of hydrogen-bond donors (Lipinski definition) is 2. The van der Waals surface area contributed by atoms with Crippen LogP contribution in [0.2, 0.25) is 5.02 Å². The number of hydrogen-bond acceptors (Lipinski definition) is 4. The molecule has 0 spiro atoms. The topological polar surface area (TPSA) is 98.3 Å². The highest BCUT2D eigenvalue weighted by atomic mass is 35.5. The van der Waals surface area contributed by atoms with E-state index in [4.69, 9.17) is 17.3 Å². The molecule has 0 heterocycles. The predicted molar refractivity (Wildman–Crippen MR) is 74.2 cm³/mol. The molecule has 0 unspecified atom stereocenters. The van der Waals surface area contributed by atoms with Crippen LogP contribution in [0.4, 0.5) is 11.4 Å². The molecule has 3 N–H and O–H groups in total. The number of nitro groups is 1. The molecule has 0 aliphatic heterocycles. The minimum absolute atomic E-state index is 0.0262. The van der Waals surface area contributed by atoms with E-state index in [0.29, 0.717) is 12.1 Å². The van der Waals surface area contributed by atoms with E-state index in [1.54, 1.807) is 0 Å². The van der Waals surface area contributed by atoms with E-state index in [2.05, 4.69) is 5.32 Å². The third-order valence-corrected chi connectivity index (χ3v) is 2.94. The number of carbonyl (C=O) groups is 1. The molecule has 6 nitrogen and oxygen atoms in total. The summed E-state index contributed by atoms with van der Waals surface area (Å²) >= 11 is 5.68. The summed E-state index contributed by atoms with van der Waals surface area (Å²) in [5.41, 5.74) is 5.77. The zero-order chi connectivity index (χ0) is 14.4. The van der Waals surface area contributed by atoms with Crippen LogP contribution in [0.25, 0.3) is 0 Å². The summed E-state index contributed by atoms with van der Waals surface area (Å²) in [6, 6.07) is 3.47. The number of anilines is 1. The quantitative estimate of drug-likeness (QED) is 0.620. The van der Waals surface area contributed by atoms with Crippen LogP contribution in [0.5, 0.6) is 0 Å². The number of nitrogens with two attached hydrogens (primary N) is 1. The first-order valence-corrected chi connectivity index (χ1v) is 6.34. The number of nitrogens with one attached hydrogen (secondary N) is 1. The van der Waals surface area contributed by atoms with Crippen molar-refractivity contribution >= 4 is 28.9 Å². The first kappa shape index (κ1) is 15.4. The largest absolute Gasteiger partial charge is 0.324 e. The number of unbranched alkanes of at least 4 members (excludes halogenated alkanes) is 1. The number of carbonyl (C=O) groups excluding carboxylic acids is 1. The van der Waals surface area contributed by atoms with Gasteiger partial charge < -0.3 is 11.1 Å². The highest BCUT2D eigenvalue weighted by Crippen LogP contribution is 2.27. The van der Waals surface area contributed by atoms with Crippen LogP contribution in [0, 0.1) is 10.1 Å². The monoisotopic (exact) mass is 285 g/mol. The zero-order valence-corrected chi connectivity index (χ0v) is 11.3. The second-order valence-electron chi connectivity index (χ2n) is 4.16. The van der Waals surface area contributed by atoms with Crippen LogP contribution in [-0.4, -0.2) is 16.9 Å². The molecular formula is C12H16ClN3O3. The predicted octanol–water partition coefficient (Wildman–Crippen LogP) is 2.70. The summed E-state index contributed by atoms with van der Waals surface area (Å²) in [6.07, 6.45) is 2.39. The number of benzene rings is 1. The van der Waals surface area contributed by atoms with E-state index in [1.165, 1.54) is 18.2 Å². The molecule has 1 amide bonds. The maximum Gasteiger partial charge on any atom is 0.289 e. The van der Waals surface area contributed by atoms with Gasteiger partial charge in [-0.1, -0.05) is 31.4 Å². The smallest absolute Gasteiger partial charge is 0.289 e. The lowest BCUT2D eigenvalue weighted by atomic mass is 10.1. The highest BCUT2D eigenvalue weighted by molar-refractivity contribution is 6.32. The Morgan fingerprint density at radius 3 is 2.84 bits per heavy atom. The molecule has 0 saturated carbocycles. The van der Waals surface area contributed by atoms with Gasteiger partial charge in [-0.2, -0.15) is 0 Å². The van der Waals surface area contributed by atoms with Gasteiger partial charge in [-0.3, -0.25) is 14.9 Å². The highest BCUT2D eigenvalue weighted by Gasteiger charge is 2.16. The molecule has 0 aromatic heterocycles. The molecule has 1 atom stereocenters. The van der Waals surface area contributed by atoms with Crippen molar-refractivity contribution in [3.05, 3.63) is 33.3 Å². The number of rotatable bonds is 6. The zero-order valence-electron chi connectivity index (χ0n) is 10.6. The van der Waals surface area contributed by atoms with Crippen molar-refractivity contribution in [2.75, 3.05) is 5.32 Å². The van der Waals surface area contributed by atoms with Gasteiger partial charge in [-0.05, 0) is 18.6 Å². The molecule has 0 aliphatic rings. The van der Waals surface area contributed by atoms with Crippen LogP contribution in [0.3, 0.4) is 0 Å². The molecule has 1 rings (SSSR count). The molecule has 19 heavy (non-hydrogen) atoms. The first-order valence-electron chi connectivity index (χ1n) is 5.96. The SMILES string of the molecule is CCCC[C@H](N)C(=O)Nc1ccc(Cl)c([N+](=O)[O-])c1. The van der Waals surface area contributed by atoms with Crippen molar-refractivity contribution in [3.63, 3.8) is 0 Å². The lowest BCUT2D eigenvalue weighted by molar-refractivity contribution is -0.384. The number of nitro benzene ring substituents is 1. The fraction of sp³-hybridized carbons (Fsp3) is 0.417. The van der Waals surface area contributed by atoms with Crippen LogP contribution >= 0.6 is 11.6 Å². The Hall–Kier alpha value is -1.66. The normalized spacial score (nSPS) is 11.9. The van der Waals surface area contributed by atoms with Gasteiger partial charge in [0.25, 0.3) is 5.69 Å². The average Bonchev–Trinajstić information content (AvgIpc) is 2.37.